The molecule has 1 aliphatic carbocycles. The fourth-order valence-electron chi connectivity index (χ4n) is 10.1. The van der Waals surface area contributed by atoms with Crippen molar-refractivity contribution in [3.05, 3.63) is 212 Å². The second kappa shape index (κ2) is 15.8. The van der Waals surface area contributed by atoms with Crippen molar-refractivity contribution in [2.45, 2.75) is 45.1 Å². The molecule has 1 fully saturated rings. The molecule has 1 aromatic heterocycles. The highest BCUT2D eigenvalue weighted by Gasteiger charge is 2.24. The Labute approximate surface area is 359 Å². The zero-order chi connectivity index (χ0) is 40.7. The fraction of sp³-hybridized carbons (Fsp3) is 0.119. The van der Waals surface area contributed by atoms with E-state index in [4.69, 9.17) is 0 Å². The molecule has 0 bridgehead atoms. The van der Waals surface area contributed by atoms with Gasteiger partial charge in [-0.3, -0.25) is 0 Å². The highest BCUT2D eigenvalue weighted by atomic mass is 15.1. The summed E-state index contributed by atoms with van der Waals surface area (Å²) in [7, 11) is 0. The second-order valence-electron chi connectivity index (χ2n) is 16.8. The van der Waals surface area contributed by atoms with Gasteiger partial charge in [0.2, 0.25) is 0 Å². The van der Waals surface area contributed by atoms with E-state index in [0.717, 1.165) is 17.1 Å². The third-order valence-corrected chi connectivity index (χ3v) is 13.0. The van der Waals surface area contributed by atoms with E-state index in [1.807, 2.05) is 0 Å². The Morgan fingerprint density at radius 1 is 0.410 bits per heavy atom. The van der Waals surface area contributed by atoms with Crippen LogP contribution >= 0.6 is 0 Å². The van der Waals surface area contributed by atoms with Gasteiger partial charge in [0.25, 0.3) is 0 Å². The summed E-state index contributed by atoms with van der Waals surface area (Å²) in [4.78, 5) is 2.46. The lowest BCUT2D eigenvalue weighted by atomic mass is 9.94. The van der Waals surface area contributed by atoms with Gasteiger partial charge < -0.3 is 9.47 Å². The topological polar surface area (TPSA) is 8.17 Å². The molecule has 1 saturated carbocycles. The summed E-state index contributed by atoms with van der Waals surface area (Å²) in [5.74, 6) is 0. The normalized spacial score (nSPS) is 13.3. The van der Waals surface area contributed by atoms with E-state index in [2.05, 4.69) is 223 Å². The van der Waals surface area contributed by atoms with Crippen molar-refractivity contribution in [3.8, 4) is 44.5 Å². The standard InChI is InChI=1S/C59H48N2/c1-41-31-36-53(43-19-7-3-8-20-43)57(37-41)60(49-34-32-44(33-35-49)52-28-14-13-27-51(52)42-17-5-2-6-18-42)50-26-15-23-47(38-50)54-29-16-30-56-59(54)55-39-45-21-11-12-22-46(45)40-58(55)61(56)48-24-9-4-10-25-48/h2-3,5-8,11-23,26-40,48H,4,9-10,24-25H2,1H3. The first-order chi connectivity index (χ1) is 30.2. The first-order valence-corrected chi connectivity index (χ1v) is 21.9. The van der Waals surface area contributed by atoms with Crippen molar-refractivity contribution in [3.63, 3.8) is 0 Å². The minimum Gasteiger partial charge on any atom is -0.337 e. The number of anilines is 3. The Morgan fingerprint density at radius 2 is 1.00 bits per heavy atom. The first-order valence-electron chi connectivity index (χ1n) is 21.9. The minimum absolute atomic E-state index is 0.507. The Bertz CT molecular complexity index is 3170. The highest BCUT2D eigenvalue weighted by Crippen LogP contribution is 2.46. The van der Waals surface area contributed by atoms with Crippen LogP contribution in [0.5, 0.6) is 0 Å². The molecule has 0 aliphatic heterocycles. The second-order valence-corrected chi connectivity index (χ2v) is 16.8. The maximum Gasteiger partial charge on any atom is 0.0542 e. The Morgan fingerprint density at radius 3 is 1.72 bits per heavy atom. The molecule has 2 heteroatoms. The predicted molar refractivity (Wildman–Crippen MR) is 260 cm³/mol. The maximum atomic E-state index is 2.70. The van der Waals surface area contributed by atoms with Gasteiger partial charge in [-0.1, -0.05) is 177 Å². The summed E-state index contributed by atoms with van der Waals surface area (Å²) in [6, 6.07) is 76.8. The van der Waals surface area contributed by atoms with Crippen LogP contribution in [0.2, 0.25) is 0 Å². The lowest BCUT2D eigenvalue weighted by Gasteiger charge is -2.29. The molecule has 10 aromatic rings. The number of hydrogen-bond acceptors (Lipinski definition) is 1. The van der Waals surface area contributed by atoms with Gasteiger partial charge in [0.1, 0.15) is 0 Å². The van der Waals surface area contributed by atoms with E-state index in [-0.39, 0.29) is 0 Å². The molecule has 1 aliphatic rings. The van der Waals surface area contributed by atoms with Crippen molar-refractivity contribution in [1.29, 1.82) is 0 Å². The van der Waals surface area contributed by atoms with Gasteiger partial charge >= 0.3 is 0 Å². The maximum absolute atomic E-state index is 2.70. The summed E-state index contributed by atoms with van der Waals surface area (Å²) in [6.07, 6.45) is 6.39. The number of fused-ring (bicyclic) bond motifs is 4. The minimum atomic E-state index is 0.507. The summed E-state index contributed by atoms with van der Waals surface area (Å²) in [5.41, 5.74) is 17.0. The van der Waals surface area contributed by atoms with E-state index in [1.165, 1.54) is 115 Å². The molecule has 0 atom stereocenters. The van der Waals surface area contributed by atoms with Crippen LogP contribution in [-0.4, -0.2) is 4.57 Å². The monoisotopic (exact) mass is 784 g/mol. The Balaban J connectivity index is 1.10. The van der Waals surface area contributed by atoms with Crippen LogP contribution in [0.25, 0.3) is 77.1 Å². The number of aryl methyl sites for hydroxylation is 1. The molecular weight excluding hydrogens is 737 g/mol. The van der Waals surface area contributed by atoms with Crippen molar-refractivity contribution in [2.24, 2.45) is 0 Å². The smallest absolute Gasteiger partial charge is 0.0542 e. The van der Waals surface area contributed by atoms with Gasteiger partial charge in [0, 0.05) is 39.3 Å². The molecule has 2 nitrogen and oxygen atoms in total. The lowest BCUT2D eigenvalue weighted by molar-refractivity contribution is 0.367. The van der Waals surface area contributed by atoms with Crippen LogP contribution in [0.15, 0.2) is 206 Å². The molecule has 294 valence electrons. The lowest BCUT2D eigenvalue weighted by Crippen LogP contribution is -2.12. The van der Waals surface area contributed by atoms with Crippen molar-refractivity contribution in [1.82, 2.24) is 4.57 Å². The van der Waals surface area contributed by atoms with Crippen LogP contribution in [-0.2, 0) is 0 Å². The molecule has 0 unspecified atom stereocenters. The van der Waals surface area contributed by atoms with Crippen LogP contribution in [0.1, 0.15) is 43.7 Å². The van der Waals surface area contributed by atoms with Gasteiger partial charge in [-0.25, -0.2) is 0 Å². The van der Waals surface area contributed by atoms with Gasteiger partial charge in [-0.15, -0.1) is 0 Å². The summed E-state index contributed by atoms with van der Waals surface area (Å²) < 4.78 is 2.70. The van der Waals surface area contributed by atoms with Gasteiger partial charge in [0.05, 0.1) is 11.2 Å². The molecule has 61 heavy (non-hydrogen) atoms. The Hall–Kier alpha value is -7.16. The third-order valence-electron chi connectivity index (χ3n) is 13.0. The number of hydrogen-bond donors (Lipinski definition) is 0. The quantitative estimate of drug-likeness (QED) is 0.149. The zero-order valence-electron chi connectivity index (χ0n) is 34.6. The van der Waals surface area contributed by atoms with Crippen molar-refractivity contribution in [2.75, 3.05) is 4.90 Å². The average molecular weight is 785 g/mol. The summed E-state index contributed by atoms with van der Waals surface area (Å²) in [5, 5.41) is 5.28. The number of aromatic nitrogens is 1. The van der Waals surface area contributed by atoms with Gasteiger partial charge in [-0.05, 0) is 124 Å². The van der Waals surface area contributed by atoms with Crippen LogP contribution in [0, 0.1) is 6.92 Å². The van der Waals surface area contributed by atoms with Gasteiger partial charge in [0.15, 0.2) is 0 Å². The van der Waals surface area contributed by atoms with Crippen LogP contribution < -0.4 is 4.90 Å². The molecule has 0 amide bonds. The molecule has 0 spiro atoms. The van der Waals surface area contributed by atoms with Crippen molar-refractivity contribution >= 4 is 49.6 Å². The average Bonchev–Trinajstić information content (AvgIpc) is 3.65. The SMILES string of the molecule is Cc1ccc(-c2ccccc2)c(N(c2ccc(-c3ccccc3-c3ccccc3)cc2)c2cccc(-c3cccc4c3c3cc5ccccc5cc3n4C3CCCCC3)c2)c1. The van der Waals surface area contributed by atoms with Crippen molar-refractivity contribution < 1.29 is 0 Å². The predicted octanol–water partition coefficient (Wildman–Crippen LogP) is 16.9. The number of nitrogens with zero attached hydrogens (tertiary/aromatic N) is 2. The first kappa shape index (κ1) is 36.9. The molecule has 0 saturated heterocycles. The number of benzene rings is 9. The third kappa shape index (κ3) is 6.79. The molecule has 11 rings (SSSR count). The largest absolute Gasteiger partial charge is 0.337 e. The van der Waals surface area contributed by atoms with E-state index in [1.54, 1.807) is 0 Å². The summed E-state index contributed by atoms with van der Waals surface area (Å²) in [6.45, 7) is 2.20. The summed E-state index contributed by atoms with van der Waals surface area (Å²) >= 11 is 0. The van der Waals surface area contributed by atoms with Crippen LogP contribution in [0.4, 0.5) is 17.1 Å². The van der Waals surface area contributed by atoms with E-state index in [9.17, 15) is 0 Å². The zero-order valence-corrected chi connectivity index (χ0v) is 34.6. The fourth-order valence-corrected chi connectivity index (χ4v) is 10.1. The highest BCUT2D eigenvalue weighted by molar-refractivity contribution is 6.18. The molecule has 0 radical (unpaired) electrons. The molecule has 1 heterocycles. The Kier molecular flexibility index (Phi) is 9.55. The molecule has 0 N–H and O–H groups in total. The molecular formula is C59H48N2. The number of rotatable bonds is 8. The van der Waals surface area contributed by atoms with E-state index in [0.29, 0.717) is 6.04 Å². The molecule has 9 aromatic carbocycles. The van der Waals surface area contributed by atoms with Crippen LogP contribution in [0.3, 0.4) is 0 Å². The van der Waals surface area contributed by atoms with Gasteiger partial charge in [-0.2, -0.15) is 0 Å². The van der Waals surface area contributed by atoms with E-state index >= 15 is 0 Å². The van der Waals surface area contributed by atoms with E-state index < -0.39 is 0 Å².